The summed E-state index contributed by atoms with van der Waals surface area (Å²) in [7, 11) is -3.79. The molecule has 2 aromatic carbocycles. The first kappa shape index (κ1) is 25.2. The molecule has 0 saturated carbocycles. The van der Waals surface area contributed by atoms with E-state index in [-0.39, 0.29) is 34.2 Å². The van der Waals surface area contributed by atoms with Crippen molar-refractivity contribution in [2.24, 2.45) is 0 Å². The van der Waals surface area contributed by atoms with Gasteiger partial charge in [-0.05, 0) is 67.8 Å². The molecule has 1 saturated heterocycles. The Balaban J connectivity index is 1.24. The van der Waals surface area contributed by atoms with Gasteiger partial charge in [0.25, 0.3) is 10.0 Å². The van der Waals surface area contributed by atoms with E-state index in [4.69, 9.17) is 0 Å². The van der Waals surface area contributed by atoms with Crippen LogP contribution in [0.1, 0.15) is 18.9 Å². The SMILES string of the molecule is C[C@H](C(=O)N1CCN(c2ccc(S(=O)(=O)Nc3nccs3)cc2)C(=O)C1)N1CCCc2cc(F)ccc21. The minimum absolute atomic E-state index is 0.0585. The lowest BCUT2D eigenvalue weighted by Crippen LogP contribution is -2.57. The number of halogens is 1. The van der Waals surface area contributed by atoms with Gasteiger partial charge in [-0.3, -0.25) is 14.3 Å². The lowest BCUT2D eigenvalue weighted by atomic mass is 9.99. The Morgan fingerprint density at radius 2 is 1.92 bits per heavy atom. The molecule has 0 radical (unpaired) electrons. The van der Waals surface area contributed by atoms with Crippen molar-refractivity contribution in [1.29, 1.82) is 0 Å². The van der Waals surface area contributed by atoms with Gasteiger partial charge in [0.05, 0.1) is 4.90 Å². The Kier molecular flexibility index (Phi) is 6.86. The van der Waals surface area contributed by atoms with E-state index in [2.05, 4.69) is 9.71 Å². The monoisotopic (exact) mass is 543 g/mol. The van der Waals surface area contributed by atoms with Crippen LogP contribution in [-0.4, -0.2) is 62.3 Å². The van der Waals surface area contributed by atoms with Crippen molar-refractivity contribution >= 4 is 49.7 Å². The summed E-state index contributed by atoms with van der Waals surface area (Å²) in [5, 5.41) is 1.94. The van der Waals surface area contributed by atoms with Crippen molar-refractivity contribution in [2.75, 3.05) is 40.7 Å². The molecule has 3 heterocycles. The second-order valence-corrected chi connectivity index (χ2v) is 11.6. The highest BCUT2D eigenvalue weighted by molar-refractivity contribution is 7.93. The average Bonchev–Trinajstić information content (AvgIpc) is 3.39. The summed E-state index contributed by atoms with van der Waals surface area (Å²) in [6.07, 6.45) is 3.10. The maximum absolute atomic E-state index is 13.7. The van der Waals surface area contributed by atoms with Gasteiger partial charge in [0, 0.05) is 42.6 Å². The molecule has 0 bridgehead atoms. The number of benzene rings is 2. The van der Waals surface area contributed by atoms with Crippen LogP contribution in [0.2, 0.25) is 0 Å². The highest BCUT2D eigenvalue weighted by Gasteiger charge is 2.34. The molecule has 9 nitrogen and oxygen atoms in total. The number of aromatic nitrogens is 1. The van der Waals surface area contributed by atoms with Crippen molar-refractivity contribution in [3.8, 4) is 0 Å². The predicted molar refractivity (Wildman–Crippen MR) is 140 cm³/mol. The standard InChI is InChI=1S/C25H26FN5O4S2/c1-17(30-11-2-3-18-15-19(26)4-9-22(18)30)24(33)29-12-13-31(23(32)16-29)20-5-7-21(8-6-20)37(34,35)28-25-27-10-14-36-25/h4-10,14-15,17H,2-3,11-13,16H2,1H3,(H,27,28)/t17-/m1/s1. The molecule has 0 spiro atoms. The number of sulfonamides is 1. The number of aryl methyl sites for hydroxylation is 1. The van der Waals surface area contributed by atoms with Gasteiger partial charge in [-0.25, -0.2) is 17.8 Å². The fraction of sp³-hybridized carbons (Fsp3) is 0.320. The molecule has 0 unspecified atom stereocenters. The van der Waals surface area contributed by atoms with Gasteiger partial charge in [-0.15, -0.1) is 11.3 Å². The number of amides is 2. The van der Waals surface area contributed by atoms with Gasteiger partial charge in [-0.1, -0.05) is 0 Å². The van der Waals surface area contributed by atoms with Crippen LogP contribution in [0.4, 0.5) is 20.9 Å². The molecule has 1 atom stereocenters. The van der Waals surface area contributed by atoms with E-state index in [1.807, 2.05) is 11.8 Å². The molecule has 194 valence electrons. The van der Waals surface area contributed by atoms with E-state index < -0.39 is 16.1 Å². The van der Waals surface area contributed by atoms with Gasteiger partial charge in [0.2, 0.25) is 11.8 Å². The lowest BCUT2D eigenvalue weighted by molar-refractivity contribution is -0.137. The van der Waals surface area contributed by atoms with Crippen LogP contribution in [0.5, 0.6) is 0 Å². The molecule has 1 aromatic heterocycles. The zero-order chi connectivity index (χ0) is 26.2. The Labute approximate surface area is 218 Å². The zero-order valence-electron chi connectivity index (χ0n) is 20.1. The van der Waals surface area contributed by atoms with E-state index in [9.17, 15) is 22.4 Å². The van der Waals surface area contributed by atoms with E-state index >= 15 is 0 Å². The second-order valence-electron chi connectivity index (χ2n) is 8.99. The van der Waals surface area contributed by atoms with Crippen LogP contribution >= 0.6 is 11.3 Å². The van der Waals surface area contributed by atoms with Crippen LogP contribution in [0.15, 0.2) is 58.9 Å². The van der Waals surface area contributed by atoms with Crippen LogP contribution in [0.3, 0.4) is 0 Å². The Morgan fingerprint density at radius 3 is 2.62 bits per heavy atom. The third-order valence-corrected chi connectivity index (χ3v) is 8.84. The first-order valence-corrected chi connectivity index (χ1v) is 14.3. The summed E-state index contributed by atoms with van der Waals surface area (Å²) in [4.78, 5) is 35.4. The smallest absolute Gasteiger partial charge is 0.263 e. The molecular formula is C25H26FN5O4S2. The van der Waals surface area contributed by atoms with E-state index in [1.54, 1.807) is 33.4 Å². The largest absolute Gasteiger partial charge is 0.360 e. The third-order valence-electron chi connectivity index (χ3n) is 6.67. The molecule has 12 heteroatoms. The Bertz CT molecular complexity index is 1410. The van der Waals surface area contributed by atoms with Crippen LogP contribution < -0.4 is 14.5 Å². The number of piperazine rings is 1. The quantitative estimate of drug-likeness (QED) is 0.513. The van der Waals surface area contributed by atoms with E-state index in [0.717, 1.165) is 24.1 Å². The summed E-state index contributed by atoms with van der Waals surface area (Å²) in [6, 6.07) is 10.2. The number of anilines is 3. The van der Waals surface area contributed by atoms with Crippen LogP contribution in [0, 0.1) is 5.82 Å². The maximum atomic E-state index is 13.7. The van der Waals surface area contributed by atoms with E-state index in [0.29, 0.717) is 25.3 Å². The third kappa shape index (κ3) is 5.16. The normalized spacial score (nSPS) is 16.9. The van der Waals surface area contributed by atoms with Crippen LogP contribution in [-0.2, 0) is 26.0 Å². The minimum atomic E-state index is -3.79. The summed E-state index contributed by atoms with van der Waals surface area (Å²) >= 11 is 1.18. The number of hydrogen-bond acceptors (Lipinski definition) is 7. The number of hydrogen-bond donors (Lipinski definition) is 1. The molecule has 2 aliphatic rings. The van der Waals surface area contributed by atoms with Crippen molar-refractivity contribution in [1.82, 2.24) is 9.88 Å². The maximum Gasteiger partial charge on any atom is 0.263 e. The first-order chi connectivity index (χ1) is 17.7. The fourth-order valence-corrected chi connectivity index (χ4v) is 6.57. The topological polar surface area (TPSA) is 103 Å². The van der Waals surface area contributed by atoms with Gasteiger partial charge in [-0.2, -0.15) is 0 Å². The van der Waals surface area contributed by atoms with E-state index in [1.165, 1.54) is 41.8 Å². The lowest BCUT2D eigenvalue weighted by Gasteiger charge is -2.40. The highest BCUT2D eigenvalue weighted by Crippen LogP contribution is 2.30. The molecule has 2 amide bonds. The molecule has 37 heavy (non-hydrogen) atoms. The number of carbonyl (C=O) groups is 2. The van der Waals surface area contributed by atoms with Crippen molar-refractivity contribution in [3.05, 3.63) is 65.4 Å². The van der Waals surface area contributed by atoms with Crippen molar-refractivity contribution in [2.45, 2.75) is 30.7 Å². The van der Waals surface area contributed by atoms with Gasteiger partial charge in [0.1, 0.15) is 18.4 Å². The fourth-order valence-electron chi connectivity index (χ4n) is 4.78. The number of thiazole rings is 1. The van der Waals surface area contributed by atoms with Crippen molar-refractivity contribution in [3.63, 3.8) is 0 Å². The Hall–Kier alpha value is -3.51. The molecule has 5 rings (SSSR count). The number of fused-ring (bicyclic) bond motifs is 1. The van der Waals surface area contributed by atoms with Gasteiger partial charge >= 0.3 is 0 Å². The number of nitrogens with zero attached hydrogens (tertiary/aromatic N) is 4. The number of nitrogens with one attached hydrogen (secondary N) is 1. The molecule has 1 N–H and O–H groups in total. The second kappa shape index (κ2) is 10.1. The molecule has 0 aliphatic carbocycles. The predicted octanol–water partition coefficient (Wildman–Crippen LogP) is 3.10. The molecule has 2 aliphatic heterocycles. The summed E-state index contributed by atoms with van der Waals surface area (Å²) < 4.78 is 41.2. The summed E-state index contributed by atoms with van der Waals surface area (Å²) in [6.45, 7) is 3.08. The van der Waals surface area contributed by atoms with Crippen LogP contribution in [0.25, 0.3) is 0 Å². The van der Waals surface area contributed by atoms with Crippen molar-refractivity contribution < 1.29 is 22.4 Å². The molecular weight excluding hydrogens is 517 g/mol. The minimum Gasteiger partial charge on any atom is -0.360 e. The Morgan fingerprint density at radius 1 is 1.14 bits per heavy atom. The van der Waals surface area contributed by atoms with Gasteiger partial charge < -0.3 is 14.7 Å². The average molecular weight is 544 g/mol. The number of rotatable bonds is 6. The van der Waals surface area contributed by atoms with Gasteiger partial charge in [0.15, 0.2) is 5.13 Å². The zero-order valence-corrected chi connectivity index (χ0v) is 21.8. The molecule has 1 fully saturated rings. The highest BCUT2D eigenvalue weighted by atomic mass is 32.2. The molecule has 3 aromatic rings. The number of carbonyl (C=O) groups excluding carboxylic acids is 2. The summed E-state index contributed by atoms with van der Waals surface area (Å²) in [5.74, 6) is -0.688. The summed E-state index contributed by atoms with van der Waals surface area (Å²) in [5.41, 5.74) is 2.31. The first-order valence-electron chi connectivity index (χ1n) is 11.9.